The van der Waals surface area contributed by atoms with Crippen LogP contribution in [0.3, 0.4) is 0 Å². The van der Waals surface area contributed by atoms with Crippen LogP contribution in [0.4, 0.5) is 0 Å². The molecule has 0 bridgehead atoms. The third-order valence-electron chi connectivity index (χ3n) is 6.54. The minimum absolute atomic E-state index is 0.0104. The number of nitrogens with one attached hydrogen (secondary N) is 1. The van der Waals surface area contributed by atoms with Gasteiger partial charge in [-0.1, -0.05) is 26.8 Å². The summed E-state index contributed by atoms with van der Waals surface area (Å²) in [5.41, 5.74) is 1.73. The first-order valence-electron chi connectivity index (χ1n) is 11.1. The SMILES string of the molecule is CCS(=O)(=O)N[C@H]1CCc2ccc(C(C)C)c(=O)n2[C@H]1COC1CCC(C)CC1. The Bertz CT molecular complexity index is 854. The van der Waals surface area contributed by atoms with Gasteiger partial charge in [0.15, 0.2) is 0 Å². The smallest absolute Gasteiger partial charge is 0.254 e. The maximum atomic E-state index is 13.3. The van der Waals surface area contributed by atoms with Crippen LogP contribution in [0.25, 0.3) is 0 Å². The summed E-state index contributed by atoms with van der Waals surface area (Å²) in [6, 6.07) is 3.31. The summed E-state index contributed by atoms with van der Waals surface area (Å²) < 4.78 is 35.5. The number of rotatable bonds is 7. The maximum absolute atomic E-state index is 13.3. The topological polar surface area (TPSA) is 77.4 Å². The fraction of sp³-hybridized carbons (Fsp3) is 0.773. The van der Waals surface area contributed by atoms with Crippen molar-refractivity contribution in [3.63, 3.8) is 0 Å². The molecule has 0 aromatic carbocycles. The summed E-state index contributed by atoms with van der Waals surface area (Å²) in [5.74, 6) is 0.894. The van der Waals surface area contributed by atoms with E-state index in [0.29, 0.717) is 19.4 Å². The predicted molar refractivity (Wildman–Crippen MR) is 116 cm³/mol. The van der Waals surface area contributed by atoms with Crippen LogP contribution in [0.1, 0.15) is 83.0 Å². The number of hydrogen-bond donors (Lipinski definition) is 1. The molecule has 2 heterocycles. The van der Waals surface area contributed by atoms with Gasteiger partial charge in [0.2, 0.25) is 10.0 Å². The molecular weight excluding hydrogens is 388 g/mol. The molecule has 164 valence electrons. The molecule has 2 atom stereocenters. The summed E-state index contributed by atoms with van der Waals surface area (Å²) in [7, 11) is -3.37. The van der Waals surface area contributed by atoms with Crippen molar-refractivity contribution >= 4 is 10.0 Å². The highest BCUT2D eigenvalue weighted by Crippen LogP contribution is 2.29. The number of sulfonamides is 1. The number of fused-ring (bicyclic) bond motifs is 1. The summed E-state index contributed by atoms with van der Waals surface area (Å²) in [6.45, 7) is 8.30. The molecule has 0 unspecified atom stereocenters. The highest BCUT2D eigenvalue weighted by atomic mass is 32.2. The summed E-state index contributed by atoms with van der Waals surface area (Å²) in [5, 5.41) is 0. The number of ether oxygens (including phenoxy) is 1. The molecule has 3 rings (SSSR count). The van der Waals surface area contributed by atoms with E-state index in [4.69, 9.17) is 4.74 Å². The van der Waals surface area contributed by atoms with Gasteiger partial charge in [-0.25, -0.2) is 13.1 Å². The van der Waals surface area contributed by atoms with E-state index in [1.165, 1.54) is 0 Å². The first-order chi connectivity index (χ1) is 13.7. The number of hydrogen-bond acceptors (Lipinski definition) is 4. The van der Waals surface area contributed by atoms with Crippen molar-refractivity contribution in [1.82, 2.24) is 9.29 Å². The highest BCUT2D eigenvalue weighted by Gasteiger charge is 2.34. The molecule has 0 spiro atoms. The fourth-order valence-electron chi connectivity index (χ4n) is 4.56. The molecule has 0 amide bonds. The zero-order chi connectivity index (χ0) is 21.2. The molecular formula is C22H36N2O4S. The van der Waals surface area contributed by atoms with E-state index in [2.05, 4.69) is 11.6 Å². The average Bonchev–Trinajstić information content (AvgIpc) is 2.68. The van der Waals surface area contributed by atoms with Crippen LogP contribution < -0.4 is 10.3 Å². The minimum Gasteiger partial charge on any atom is -0.376 e. The standard InChI is InChI=1S/C22H36N2O4S/c1-5-29(26,27)23-20-13-9-17-8-12-19(15(2)3)22(25)24(17)21(20)14-28-18-10-6-16(4)7-11-18/h8,12,15-16,18,20-21,23H,5-7,9-11,13-14H2,1-4H3/t16?,18?,20-,21-/m0/s1. The van der Waals surface area contributed by atoms with Gasteiger partial charge in [-0.15, -0.1) is 0 Å². The quantitative estimate of drug-likeness (QED) is 0.728. The van der Waals surface area contributed by atoms with E-state index in [-0.39, 0.29) is 35.4 Å². The van der Waals surface area contributed by atoms with Crippen LogP contribution in [0.15, 0.2) is 16.9 Å². The van der Waals surface area contributed by atoms with Crippen molar-refractivity contribution in [2.45, 2.75) is 90.3 Å². The van der Waals surface area contributed by atoms with Gasteiger partial charge in [0, 0.05) is 17.3 Å². The van der Waals surface area contributed by atoms with Crippen LogP contribution in [0.2, 0.25) is 0 Å². The Balaban J connectivity index is 1.89. The zero-order valence-electron chi connectivity index (χ0n) is 18.2. The van der Waals surface area contributed by atoms with Crippen LogP contribution in [0, 0.1) is 5.92 Å². The Morgan fingerprint density at radius 2 is 1.86 bits per heavy atom. The minimum atomic E-state index is -3.37. The molecule has 1 fully saturated rings. The molecule has 1 N–H and O–H groups in total. The Morgan fingerprint density at radius 3 is 2.48 bits per heavy atom. The second kappa shape index (κ2) is 9.31. The molecule has 1 aliphatic heterocycles. The van der Waals surface area contributed by atoms with Gasteiger partial charge >= 0.3 is 0 Å². The average molecular weight is 425 g/mol. The van der Waals surface area contributed by atoms with Crippen LogP contribution >= 0.6 is 0 Å². The molecule has 29 heavy (non-hydrogen) atoms. The second-order valence-electron chi connectivity index (χ2n) is 9.06. The Kier molecular flexibility index (Phi) is 7.23. The molecule has 1 aromatic rings. The molecule has 1 aromatic heterocycles. The number of nitrogens with zero attached hydrogens (tertiary/aromatic N) is 1. The van der Waals surface area contributed by atoms with E-state index in [9.17, 15) is 13.2 Å². The van der Waals surface area contributed by atoms with Crippen molar-refractivity contribution in [3.05, 3.63) is 33.7 Å². The lowest BCUT2D eigenvalue weighted by Crippen LogP contribution is -2.50. The van der Waals surface area contributed by atoms with Gasteiger partial charge in [0.25, 0.3) is 5.56 Å². The molecule has 2 aliphatic rings. The molecule has 1 aliphatic carbocycles. The highest BCUT2D eigenvalue weighted by molar-refractivity contribution is 7.89. The molecule has 0 radical (unpaired) electrons. The van der Waals surface area contributed by atoms with Gasteiger partial charge in [0.1, 0.15) is 0 Å². The van der Waals surface area contributed by atoms with Crippen LogP contribution in [0.5, 0.6) is 0 Å². The number of aromatic nitrogens is 1. The van der Waals surface area contributed by atoms with Crippen molar-refractivity contribution in [3.8, 4) is 0 Å². The molecule has 6 nitrogen and oxygen atoms in total. The number of pyridine rings is 1. The van der Waals surface area contributed by atoms with Crippen molar-refractivity contribution in [1.29, 1.82) is 0 Å². The second-order valence-corrected chi connectivity index (χ2v) is 11.1. The normalized spacial score (nSPS) is 27.8. The lowest BCUT2D eigenvalue weighted by molar-refractivity contribution is -0.00541. The molecule has 7 heteroatoms. The van der Waals surface area contributed by atoms with E-state index in [1.807, 2.05) is 30.5 Å². The Morgan fingerprint density at radius 1 is 1.17 bits per heavy atom. The molecule has 0 saturated heterocycles. The van der Waals surface area contributed by atoms with Crippen LogP contribution in [-0.4, -0.2) is 37.5 Å². The largest absolute Gasteiger partial charge is 0.376 e. The third-order valence-corrected chi connectivity index (χ3v) is 7.96. The van der Waals surface area contributed by atoms with E-state index in [1.54, 1.807) is 6.92 Å². The van der Waals surface area contributed by atoms with Gasteiger partial charge in [0.05, 0.1) is 24.5 Å². The van der Waals surface area contributed by atoms with Gasteiger partial charge < -0.3 is 9.30 Å². The fourth-order valence-corrected chi connectivity index (χ4v) is 5.47. The Hall–Kier alpha value is -1.18. The maximum Gasteiger partial charge on any atom is 0.254 e. The van der Waals surface area contributed by atoms with E-state index >= 15 is 0 Å². The zero-order valence-corrected chi connectivity index (χ0v) is 19.0. The van der Waals surface area contributed by atoms with E-state index in [0.717, 1.165) is 42.9 Å². The predicted octanol–water partition coefficient (Wildman–Crippen LogP) is 3.36. The summed E-state index contributed by atoms with van der Waals surface area (Å²) >= 11 is 0. The van der Waals surface area contributed by atoms with Crippen molar-refractivity contribution in [2.75, 3.05) is 12.4 Å². The third kappa shape index (κ3) is 5.30. The summed E-state index contributed by atoms with van der Waals surface area (Å²) in [6.07, 6.45) is 5.95. The Labute approximate surface area is 175 Å². The van der Waals surface area contributed by atoms with E-state index < -0.39 is 10.0 Å². The summed E-state index contributed by atoms with van der Waals surface area (Å²) in [4.78, 5) is 13.3. The number of aryl methyl sites for hydroxylation is 1. The van der Waals surface area contributed by atoms with Crippen molar-refractivity contribution in [2.24, 2.45) is 5.92 Å². The van der Waals surface area contributed by atoms with Gasteiger partial charge in [-0.3, -0.25) is 4.79 Å². The first kappa shape index (κ1) is 22.5. The lowest BCUT2D eigenvalue weighted by atomic mass is 9.89. The molecule has 1 saturated carbocycles. The lowest BCUT2D eigenvalue weighted by Gasteiger charge is -2.37. The monoisotopic (exact) mass is 424 g/mol. The van der Waals surface area contributed by atoms with Crippen molar-refractivity contribution < 1.29 is 13.2 Å². The first-order valence-corrected chi connectivity index (χ1v) is 12.7. The van der Waals surface area contributed by atoms with Gasteiger partial charge in [-0.2, -0.15) is 0 Å². The van der Waals surface area contributed by atoms with Gasteiger partial charge in [-0.05, 0) is 63.4 Å². The van der Waals surface area contributed by atoms with Crippen LogP contribution in [-0.2, 0) is 21.2 Å².